The maximum Gasteiger partial charge on any atom is 0.296 e. The van der Waals surface area contributed by atoms with Crippen molar-refractivity contribution in [1.82, 2.24) is 0 Å². The van der Waals surface area contributed by atoms with Crippen LogP contribution in [0.4, 0.5) is 17.1 Å². The number of nitro groups is 1. The van der Waals surface area contributed by atoms with Gasteiger partial charge in [-0.15, -0.1) is 10.2 Å². The van der Waals surface area contributed by atoms with Gasteiger partial charge in [0.2, 0.25) is 0 Å². The molecular formula is C16H10ClN3O3. The lowest BCUT2D eigenvalue weighted by Crippen LogP contribution is -1.87. The van der Waals surface area contributed by atoms with E-state index in [-0.39, 0.29) is 22.8 Å². The van der Waals surface area contributed by atoms with Gasteiger partial charge in [-0.1, -0.05) is 41.9 Å². The lowest BCUT2D eigenvalue weighted by atomic mass is 10.1. The van der Waals surface area contributed by atoms with E-state index in [9.17, 15) is 15.2 Å². The molecule has 0 aliphatic heterocycles. The summed E-state index contributed by atoms with van der Waals surface area (Å²) >= 11 is 5.86. The van der Waals surface area contributed by atoms with Gasteiger partial charge in [0.15, 0.2) is 5.69 Å². The molecule has 0 saturated carbocycles. The zero-order valence-corrected chi connectivity index (χ0v) is 12.4. The number of phenols is 1. The number of rotatable bonds is 3. The minimum absolute atomic E-state index is 0.0230. The Bertz CT molecular complexity index is 941. The Kier molecular flexibility index (Phi) is 3.91. The summed E-state index contributed by atoms with van der Waals surface area (Å²) in [6.07, 6.45) is 0. The Morgan fingerprint density at radius 3 is 2.61 bits per heavy atom. The number of hydrogen-bond donors (Lipinski definition) is 1. The maximum absolute atomic E-state index is 11.0. The standard InChI is InChI=1S/C16H10ClN3O3/c17-11-6-7-14(20(22)23)13(9-11)18-19-16-12-4-2-1-3-10(12)5-8-15(16)21/h1-9,21H. The monoisotopic (exact) mass is 327 g/mol. The molecule has 0 atom stereocenters. The molecule has 0 amide bonds. The molecule has 23 heavy (non-hydrogen) atoms. The normalized spacial score (nSPS) is 11.2. The van der Waals surface area contributed by atoms with E-state index >= 15 is 0 Å². The van der Waals surface area contributed by atoms with Gasteiger partial charge in [0.1, 0.15) is 11.4 Å². The number of azo groups is 1. The molecule has 3 aromatic carbocycles. The molecule has 0 aliphatic rings. The molecule has 0 unspecified atom stereocenters. The zero-order chi connectivity index (χ0) is 16.4. The number of nitro benzene ring substituents is 1. The smallest absolute Gasteiger partial charge is 0.296 e. The number of hydrogen-bond acceptors (Lipinski definition) is 5. The predicted molar refractivity (Wildman–Crippen MR) is 87.9 cm³/mol. The van der Waals surface area contributed by atoms with E-state index in [0.717, 1.165) is 5.39 Å². The van der Waals surface area contributed by atoms with Crippen LogP contribution in [0, 0.1) is 10.1 Å². The number of nitrogens with zero attached hydrogens (tertiary/aromatic N) is 3. The molecule has 3 rings (SSSR count). The van der Waals surface area contributed by atoms with Crippen molar-refractivity contribution < 1.29 is 10.0 Å². The molecule has 7 heteroatoms. The summed E-state index contributed by atoms with van der Waals surface area (Å²) in [6, 6.07) is 14.6. The van der Waals surface area contributed by atoms with Gasteiger partial charge in [0.25, 0.3) is 5.69 Å². The number of benzene rings is 3. The fraction of sp³-hybridized carbons (Fsp3) is 0. The van der Waals surface area contributed by atoms with Crippen LogP contribution in [0.2, 0.25) is 5.02 Å². The van der Waals surface area contributed by atoms with Crippen molar-refractivity contribution in [3.8, 4) is 5.75 Å². The summed E-state index contributed by atoms with van der Waals surface area (Å²) in [4.78, 5) is 10.5. The molecule has 114 valence electrons. The van der Waals surface area contributed by atoms with Crippen LogP contribution in [0.15, 0.2) is 64.8 Å². The van der Waals surface area contributed by atoms with Gasteiger partial charge in [-0.05, 0) is 23.6 Å². The second-order valence-corrected chi connectivity index (χ2v) is 5.18. The Morgan fingerprint density at radius 2 is 1.83 bits per heavy atom. The van der Waals surface area contributed by atoms with Crippen LogP contribution in [0.1, 0.15) is 0 Å². The molecule has 1 N–H and O–H groups in total. The van der Waals surface area contributed by atoms with E-state index in [1.165, 1.54) is 24.3 Å². The molecule has 0 aromatic heterocycles. The number of phenolic OH excluding ortho intramolecular Hbond substituents is 1. The van der Waals surface area contributed by atoms with Crippen LogP contribution in [0.25, 0.3) is 10.8 Å². The van der Waals surface area contributed by atoms with Gasteiger partial charge < -0.3 is 5.11 Å². The van der Waals surface area contributed by atoms with Gasteiger partial charge in [-0.2, -0.15) is 0 Å². The molecule has 0 spiro atoms. The highest BCUT2D eigenvalue weighted by Gasteiger charge is 2.14. The molecule has 0 bridgehead atoms. The number of halogens is 1. The first-order chi connectivity index (χ1) is 11.1. The van der Waals surface area contributed by atoms with E-state index in [4.69, 9.17) is 11.6 Å². The molecule has 0 radical (unpaired) electrons. The first-order valence-corrected chi connectivity index (χ1v) is 7.00. The average molecular weight is 328 g/mol. The highest BCUT2D eigenvalue weighted by Crippen LogP contribution is 2.37. The lowest BCUT2D eigenvalue weighted by Gasteiger charge is -2.03. The van der Waals surface area contributed by atoms with Crippen LogP contribution in [0.5, 0.6) is 5.75 Å². The quantitative estimate of drug-likeness (QED) is 0.390. The van der Waals surface area contributed by atoms with Crippen molar-refractivity contribution in [2.75, 3.05) is 0 Å². The summed E-state index contributed by atoms with van der Waals surface area (Å²) in [6.45, 7) is 0. The number of aromatic hydroxyl groups is 1. The van der Waals surface area contributed by atoms with E-state index in [1.54, 1.807) is 12.1 Å². The van der Waals surface area contributed by atoms with E-state index in [0.29, 0.717) is 10.4 Å². The fourth-order valence-electron chi connectivity index (χ4n) is 2.18. The average Bonchev–Trinajstić information content (AvgIpc) is 2.53. The van der Waals surface area contributed by atoms with Crippen LogP contribution in [-0.4, -0.2) is 10.0 Å². The minimum Gasteiger partial charge on any atom is -0.506 e. The van der Waals surface area contributed by atoms with Crippen LogP contribution < -0.4 is 0 Å². The van der Waals surface area contributed by atoms with Gasteiger partial charge in [-0.25, -0.2) is 0 Å². The third-order valence-electron chi connectivity index (χ3n) is 3.27. The lowest BCUT2D eigenvalue weighted by molar-refractivity contribution is -0.384. The van der Waals surface area contributed by atoms with Crippen molar-refractivity contribution in [1.29, 1.82) is 0 Å². The van der Waals surface area contributed by atoms with Crippen molar-refractivity contribution in [3.05, 3.63) is 69.7 Å². The van der Waals surface area contributed by atoms with Crippen molar-refractivity contribution in [3.63, 3.8) is 0 Å². The molecule has 3 aromatic rings. The van der Waals surface area contributed by atoms with Gasteiger partial charge >= 0.3 is 0 Å². The van der Waals surface area contributed by atoms with Crippen molar-refractivity contribution in [2.45, 2.75) is 0 Å². The first-order valence-electron chi connectivity index (χ1n) is 6.62. The Labute approximate surface area is 135 Å². The van der Waals surface area contributed by atoms with Crippen molar-refractivity contribution >= 4 is 39.4 Å². The maximum atomic E-state index is 11.0. The highest BCUT2D eigenvalue weighted by molar-refractivity contribution is 6.30. The summed E-state index contributed by atoms with van der Waals surface area (Å²) in [5, 5.41) is 30.8. The summed E-state index contributed by atoms with van der Waals surface area (Å²) < 4.78 is 0. The molecular weight excluding hydrogens is 318 g/mol. The van der Waals surface area contributed by atoms with Gasteiger partial charge in [0.05, 0.1) is 4.92 Å². The van der Waals surface area contributed by atoms with Gasteiger partial charge in [0, 0.05) is 16.5 Å². The highest BCUT2D eigenvalue weighted by atomic mass is 35.5. The summed E-state index contributed by atoms with van der Waals surface area (Å²) in [7, 11) is 0. The van der Waals surface area contributed by atoms with Crippen LogP contribution in [-0.2, 0) is 0 Å². The second-order valence-electron chi connectivity index (χ2n) is 4.74. The largest absolute Gasteiger partial charge is 0.506 e. The number of fused-ring (bicyclic) bond motifs is 1. The Hall–Kier alpha value is -2.99. The third-order valence-corrected chi connectivity index (χ3v) is 3.51. The van der Waals surface area contributed by atoms with Crippen LogP contribution in [0.3, 0.4) is 0 Å². The molecule has 0 saturated heterocycles. The fourth-order valence-corrected chi connectivity index (χ4v) is 2.35. The minimum atomic E-state index is -0.562. The molecule has 0 aliphatic carbocycles. The predicted octanol–water partition coefficient (Wildman–Crippen LogP) is 5.52. The molecule has 0 heterocycles. The first kappa shape index (κ1) is 14.9. The second kappa shape index (κ2) is 6.02. The Morgan fingerprint density at radius 1 is 1.04 bits per heavy atom. The van der Waals surface area contributed by atoms with Gasteiger partial charge in [-0.3, -0.25) is 10.1 Å². The topological polar surface area (TPSA) is 88.1 Å². The summed E-state index contributed by atoms with van der Waals surface area (Å²) in [5.41, 5.74) is 0.0603. The molecule has 6 nitrogen and oxygen atoms in total. The van der Waals surface area contributed by atoms with Crippen LogP contribution >= 0.6 is 11.6 Å². The van der Waals surface area contributed by atoms with E-state index < -0.39 is 4.92 Å². The summed E-state index contributed by atoms with van der Waals surface area (Å²) in [5.74, 6) is -0.0582. The zero-order valence-electron chi connectivity index (χ0n) is 11.7. The Balaban J connectivity index is 2.13. The SMILES string of the molecule is O=[N+]([O-])c1ccc(Cl)cc1N=Nc1c(O)ccc2ccccc12. The third kappa shape index (κ3) is 2.97. The van der Waals surface area contributed by atoms with Crippen molar-refractivity contribution in [2.24, 2.45) is 10.2 Å². The van der Waals surface area contributed by atoms with E-state index in [2.05, 4.69) is 10.2 Å². The van der Waals surface area contributed by atoms with E-state index in [1.807, 2.05) is 18.2 Å². The molecule has 0 fully saturated rings.